The Hall–Kier alpha value is -2.54. The number of aromatic carboxylic acids is 1. The van der Waals surface area contributed by atoms with Gasteiger partial charge in [-0.2, -0.15) is 0 Å². The van der Waals surface area contributed by atoms with Crippen LogP contribution in [0.1, 0.15) is 9.67 Å². The van der Waals surface area contributed by atoms with Crippen LogP contribution < -0.4 is 10.1 Å². The van der Waals surface area contributed by atoms with E-state index in [9.17, 15) is 14.7 Å². The first-order chi connectivity index (χ1) is 9.58. The fraction of sp³-hybridized carbons (Fsp3) is 0.0769. The molecule has 20 heavy (non-hydrogen) atoms. The molecule has 0 aliphatic carbocycles. The molecule has 1 aromatic carbocycles. The normalized spacial score (nSPS) is 10.0. The Bertz CT molecular complexity index is 637. The number of anilines is 1. The molecule has 0 unspecified atom stereocenters. The Kier molecular flexibility index (Phi) is 4.21. The van der Waals surface area contributed by atoms with Crippen LogP contribution in [-0.2, 0) is 4.79 Å². The number of aromatic hydroxyl groups is 1. The van der Waals surface area contributed by atoms with Crippen LogP contribution in [0.5, 0.6) is 11.5 Å². The molecule has 0 fully saturated rings. The van der Waals surface area contributed by atoms with Crippen molar-refractivity contribution in [1.82, 2.24) is 0 Å². The molecule has 1 heterocycles. The molecule has 0 spiro atoms. The number of hydrogen-bond donors (Lipinski definition) is 3. The SMILES string of the molecule is O=C(COc1ccccc1O)Nc1ccsc1C(=O)O. The van der Waals surface area contributed by atoms with E-state index in [0.29, 0.717) is 0 Å². The van der Waals surface area contributed by atoms with Crippen molar-refractivity contribution >= 4 is 28.9 Å². The molecule has 2 rings (SSSR count). The van der Waals surface area contributed by atoms with E-state index in [1.54, 1.807) is 17.5 Å². The minimum absolute atomic E-state index is 0.0564. The molecule has 0 aliphatic heterocycles. The summed E-state index contributed by atoms with van der Waals surface area (Å²) in [7, 11) is 0. The van der Waals surface area contributed by atoms with Gasteiger partial charge in [-0.3, -0.25) is 4.79 Å². The first kappa shape index (κ1) is 13.9. The van der Waals surface area contributed by atoms with Gasteiger partial charge in [0.25, 0.3) is 5.91 Å². The quantitative estimate of drug-likeness (QED) is 0.785. The zero-order valence-electron chi connectivity index (χ0n) is 10.2. The van der Waals surface area contributed by atoms with Crippen molar-refractivity contribution in [1.29, 1.82) is 0 Å². The highest BCUT2D eigenvalue weighted by Gasteiger charge is 2.14. The number of carbonyl (C=O) groups is 2. The Labute approximate surface area is 118 Å². The zero-order chi connectivity index (χ0) is 14.5. The molecule has 0 radical (unpaired) electrons. The number of rotatable bonds is 5. The zero-order valence-corrected chi connectivity index (χ0v) is 11.0. The lowest BCUT2D eigenvalue weighted by molar-refractivity contribution is -0.118. The summed E-state index contributed by atoms with van der Waals surface area (Å²) in [5.41, 5.74) is 0.230. The van der Waals surface area contributed by atoms with Gasteiger partial charge in [-0.15, -0.1) is 11.3 Å². The molecular formula is C13H11NO5S. The number of phenolic OH excluding ortho intramolecular Hbond substituents is 1. The van der Waals surface area contributed by atoms with Crippen molar-refractivity contribution in [2.24, 2.45) is 0 Å². The van der Waals surface area contributed by atoms with Crippen LogP contribution in [0.3, 0.4) is 0 Å². The van der Waals surface area contributed by atoms with Gasteiger partial charge in [0.2, 0.25) is 0 Å². The van der Waals surface area contributed by atoms with Crippen LogP contribution in [0.25, 0.3) is 0 Å². The topological polar surface area (TPSA) is 95.9 Å². The average Bonchev–Trinajstić information content (AvgIpc) is 2.86. The molecule has 0 bridgehead atoms. The summed E-state index contributed by atoms with van der Waals surface area (Å²) in [5.74, 6) is -1.49. The molecule has 7 heteroatoms. The highest BCUT2D eigenvalue weighted by atomic mass is 32.1. The Morgan fingerprint density at radius 2 is 2.00 bits per heavy atom. The molecule has 104 valence electrons. The number of amides is 1. The summed E-state index contributed by atoms with van der Waals surface area (Å²) >= 11 is 1.02. The standard InChI is InChI=1S/C13H11NO5S/c15-9-3-1-2-4-10(9)19-7-11(16)14-8-5-6-20-12(8)13(17)18/h1-6,15H,7H2,(H,14,16)(H,17,18). The van der Waals surface area contributed by atoms with Crippen molar-refractivity contribution in [3.8, 4) is 11.5 Å². The fourth-order valence-corrected chi connectivity index (χ4v) is 2.17. The highest BCUT2D eigenvalue weighted by Crippen LogP contribution is 2.25. The van der Waals surface area contributed by atoms with E-state index in [-0.39, 0.29) is 28.7 Å². The highest BCUT2D eigenvalue weighted by molar-refractivity contribution is 7.12. The Morgan fingerprint density at radius 3 is 2.70 bits per heavy atom. The summed E-state index contributed by atoms with van der Waals surface area (Å²) in [6.45, 7) is -0.327. The van der Waals surface area contributed by atoms with Gasteiger partial charge >= 0.3 is 5.97 Å². The third-order valence-electron chi connectivity index (χ3n) is 2.36. The van der Waals surface area contributed by atoms with Crippen molar-refractivity contribution < 1.29 is 24.5 Å². The van der Waals surface area contributed by atoms with Crippen LogP contribution in [-0.4, -0.2) is 28.7 Å². The van der Waals surface area contributed by atoms with Crippen molar-refractivity contribution in [3.63, 3.8) is 0 Å². The number of benzene rings is 1. The minimum Gasteiger partial charge on any atom is -0.504 e. The number of nitrogens with one attached hydrogen (secondary N) is 1. The lowest BCUT2D eigenvalue weighted by atomic mass is 10.3. The average molecular weight is 293 g/mol. The van der Waals surface area contributed by atoms with Gasteiger partial charge in [-0.05, 0) is 23.6 Å². The van der Waals surface area contributed by atoms with Gasteiger partial charge in [0.15, 0.2) is 18.1 Å². The molecule has 6 nitrogen and oxygen atoms in total. The van der Waals surface area contributed by atoms with Crippen LogP contribution in [0, 0.1) is 0 Å². The smallest absolute Gasteiger partial charge is 0.348 e. The summed E-state index contributed by atoms with van der Waals surface area (Å²) in [6, 6.07) is 7.76. The molecule has 3 N–H and O–H groups in total. The fourth-order valence-electron chi connectivity index (χ4n) is 1.48. The molecule has 2 aromatic rings. The maximum absolute atomic E-state index is 11.7. The second kappa shape index (κ2) is 6.07. The van der Waals surface area contributed by atoms with E-state index >= 15 is 0 Å². The molecule has 0 atom stereocenters. The lowest BCUT2D eigenvalue weighted by Gasteiger charge is -2.08. The Morgan fingerprint density at radius 1 is 1.25 bits per heavy atom. The third kappa shape index (κ3) is 3.27. The van der Waals surface area contributed by atoms with Crippen LogP contribution in [0.15, 0.2) is 35.7 Å². The maximum Gasteiger partial charge on any atom is 0.348 e. The summed E-state index contributed by atoms with van der Waals surface area (Å²) in [6.07, 6.45) is 0. The molecule has 1 aromatic heterocycles. The number of thiophene rings is 1. The second-order valence-corrected chi connectivity index (χ2v) is 4.69. The monoisotopic (exact) mass is 293 g/mol. The van der Waals surface area contributed by atoms with E-state index < -0.39 is 11.9 Å². The lowest BCUT2D eigenvalue weighted by Crippen LogP contribution is -2.20. The van der Waals surface area contributed by atoms with Gasteiger partial charge in [0.05, 0.1) is 5.69 Å². The predicted molar refractivity (Wildman–Crippen MR) is 73.5 cm³/mol. The number of para-hydroxylation sites is 2. The van der Waals surface area contributed by atoms with E-state index in [2.05, 4.69) is 5.32 Å². The third-order valence-corrected chi connectivity index (χ3v) is 3.26. The molecular weight excluding hydrogens is 282 g/mol. The van der Waals surface area contributed by atoms with Gasteiger partial charge in [-0.1, -0.05) is 12.1 Å². The molecule has 0 saturated carbocycles. The molecule has 0 aliphatic rings. The first-order valence-electron chi connectivity index (χ1n) is 5.59. The number of ether oxygens (including phenoxy) is 1. The maximum atomic E-state index is 11.7. The largest absolute Gasteiger partial charge is 0.504 e. The summed E-state index contributed by atoms with van der Waals surface area (Å²) in [5, 5.41) is 22.4. The minimum atomic E-state index is -1.10. The number of hydrogen-bond acceptors (Lipinski definition) is 5. The molecule has 1 amide bonds. The van der Waals surface area contributed by atoms with E-state index in [0.717, 1.165) is 11.3 Å². The number of phenols is 1. The number of carboxylic acid groups (broad SMARTS) is 1. The first-order valence-corrected chi connectivity index (χ1v) is 6.47. The van der Waals surface area contributed by atoms with Crippen LogP contribution in [0.2, 0.25) is 0 Å². The van der Waals surface area contributed by atoms with Gasteiger partial charge in [0, 0.05) is 0 Å². The number of carboxylic acids is 1. The van der Waals surface area contributed by atoms with E-state index in [4.69, 9.17) is 9.84 Å². The van der Waals surface area contributed by atoms with Gasteiger partial charge in [-0.25, -0.2) is 4.79 Å². The van der Waals surface area contributed by atoms with Crippen molar-refractivity contribution in [3.05, 3.63) is 40.6 Å². The second-order valence-electron chi connectivity index (χ2n) is 3.77. The molecule has 0 saturated heterocycles. The van der Waals surface area contributed by atoms with E-state index in [1.807, 2.05) is 0 Å². The number of carbonyl (C=O) groups excluding carboxylic acids is 1. The predicted octanol–water partition coefficient (Wildman–Crippen LogP) is 2.17. The van der Waals surface area contributed by atoms with Gasteiger partial charge < -0.3 is 20.3 Å². The van der Waals surface area contributed by atoms with E-state index in [1.165, 1.54) is 18.2 Å². The van der Waals surface area contributed by atoms with Crippen LogP contribution >= 0.6 is 11.3 Å². The van der Waals surface area contributed by atoms with Crippen LogP contribution in [0.4, 0.5) is 5.69 Å². The Balaban J connectivity index is 1.95. The van der Waals surface area contributed by atoms with Crippen molar-refractivity contribution in [2.45, 2.75) is 0 Å². The van der Waals surface area contributed by atoms with Crippen molar-refractivity contribution in [2.75, 3.05) is 11.9 Å². The summed E-state index contributed by atoms with van der Waals surface area (Å²) < 4.78 is 5.14. The summed E-state index contributed by atoms with van der Waals surface area (Å²) in [4.78, 5) is 22.6. The van der Waals surface area contributed by atoms with Gasteiger partial charge in [0.1, 0.15) is 4.88 Å².